The molecule has 0 radical (unpaired) electrons. The van der Waals surface area contributed by atoms with E-state index >= 15 is 0 Å². The standard InChI is InChI=1S/C24H25N5O2/c1-15(2)14-29-22(17(12-26)13-27)21(19-8-3-4-9-20(19)24(29)31)23(30)28-18-7-5-6-16(10-18)11-25/h3-10,12-13,15,17,21-22,26-27H,14H2,1-2H3,(H,28,30)/t17?,21-,22+/m1/s1. The number of fused-ring (bicyclic) bond motifs is 1. The van der Waals surface area contributed by atoms with Gasteiger partial charge in [0.25, 0.3) is 5.91 Å². The topological polar surface area (TPSA) is 121 Å². The number of hydrogen-bond acceptors (Lipinski definition) is 5. The maximum absolute atomic E-state index is 13.5. The van der Waals surface area contributed by atoms with Crippen LogP contribution >= 0.6 is 0 Å². The van der Waals surface area contributed by atoms with Crippen LogP contribution in [0.2, 0.25) is 0 Å². The number of amides is 2. The minimum atomic E-state index is -0.772. The van der Waals surface area contributed by atoms with Crippen LogP contribution < -0.4 is 5.32 Å². The third kappa shape index (κ3) is 4.38. The van der Waals surface area contributed by atoms with Gasteiger partial charge in [-0.15, -0.1) is 0 Å². The lowest BCUT2D eigenvalue weighted by Gasteiger charge is -2.44. The number of carbonyl (C=O) groups is 2. The summed E-state index contributed by atoms with van der Waals surface area (Å²) in [5.74, 6) is -1.88. The van der Waals surface area contributed by atoms with Gasteiger partial charge in [-0.1, -0.05) is 38.1 Å². The Morgan fingerprint density at radius 3 is 2.55 bits per heavy atom. The van der Waals surface area contributed by atoms with E-state index in [4.69, 9.17) is 16.1 Å². The lowest BCUT2D eigenvalue weighted by molar-refractivity contribution is -0.119. The first-order chi connectivity index (χ1) is 14.9. The van der Waals surface area contributed by atoms with E-state index in [1.54, 1.807) is 53.4 Å². The van der Waals surface area contributed by atoms with E-state index < -0.39 is 17.9 Å². The lowest BCUT2D eigenvalue weighted by Crippen LogP contribution is -2.56. The highest BCUT2D eigenvalue weighted by Gasteiger charge is 2.46. The highest BCUT2D eigenvalue weighted by Crippen LogP contribution is 2.37. The van der Waals surface area contributed by atoms with Crippen LogP contribution in [0.5, 0.6) is 0 Å². The molecule has 2 aromatic carbocycles. The molecule has 1 aliphatic heterocycles. The second-order valence-electron chi connectivity index (χ2n) is 8.00. The van der Waals surface area contributed by atoms with Gasteiger partial charge in [0, 0.05) is 36.1 Å². The van der Waals surface area contributed by atoms with Gasteiger partial charge in [0.2, 0.25) is 5.91 Å². The number of nitriles is 1. The Kier molecular flexibility index (Phi) is 6.61. The maximum atomic E-state index is 13.5. The van der Waals surface area contributed by atoms with Gasteiger partial charge in [-0.25, -0.2) is 0 Å². The number of carbonyl (C=O) groups excluding carboxylic acids is 2. The largest absolute Gasteiger partial charge is 0.333 e. The first-order valence-electron chi connectivity index (χ1n) is 10.1. The normalized spacial score (nSPS) is 18.6. The molecular weight excluding hydrogens is 390 g/mol. The Morgan fingerprint density at radius 2 is 1.90 bits per heavy atom. The average Bonchev–Trinajstić information content (AvgIpc) is 2.77. The van der Waals surface area contributed by atoms with Crippen molar-refractivity contribution in [2.24, 2.45) is 11.8 Å². The van der Waals surface area contributed by atoms with Crippen molar-refractivity contribution in [1.29, 1.82) is 16.1 Å². The number of nitrogens with one attached hydrogen (secondary N) is 3. The summed E-state index contributed by atoms with van der Waals surface area (Å²) in [6.45, 7) is 4.37. The lowest BCUT2D eigenvalue weighted by atomic mass is 9.76. The molecule has 0 bridgehead atoms. The molecule has 3 rings (SSSR count). The first kappa shape index (κ1) is 21.9. The number of benzene rings is 2. The molecule has 7 nitrogen and oxygen atoms in total. The Bertz CT molecular complexity index is 1050. The zero-order valence-corrected chi connectivity index (χ0v) is 17.5. The van der Waals surface area contributed by atoms with Crippen LogP contribution in [0, 0.1) is 34.0 Å². The van der Waals surface area contributed by atoms with Gasteiger partial charge >= 0.3 is 0 Å². The number of rotatable bonds is 7. The van der Waals surface area contributed by atoms with Crippen molar-refractivity contribution in [3.8, 4) is 6.07 Å². The van der Waals surface area contributed by atoms with Crippen LogP contribution in [-0.4, -0.2) is 41.7 Å². The third-order valence-electron chi connectivity index (χ3n) is 5.37. The van der Waals surface area contributed by atoms with E-state index in [-0.39, 0.29) is 17.7 Å². The monoisotopic (exact) mass is 415 g/mol. The van der Waals surface area contributed by atoms with Crippen molar-refractivity contribution in [1.82, 2.24) is 4.90 Å². The molecule has 0 unspecified atom stereocenters. The zero-order chi connectivity index (χ0) is 22.5. The zero-order valence-electron chi connectivity index (χ0n) is 17.5. The molecule has 7 heteroatoms. The fraction of sp³-hybridized carbons (Fsp3) is 0.292. The first-order valence-corrected chi connectivity index (χ1v) is 10.1. The molecule has 0 saturated carbocycles. The summed E-state index contributed by atoms with van der Waals surface area (Å²) in [5, 5.41) is 27.7. The number of anilines is 1. The minimum Gasteiger partial charge on any atom is -0.333 e. The molecule has 31 heavy (non-hydrogen) atoms. The third-order valence-corrected chi connectivity index (χ3v) is 5.37. The average molecular weight is 415 g/mol. The molecule has 2 atom stereocenters. The second kappa shape index (κ2) is 9.35. The van der Waals surface area contributed by atoms with Crippen LogP contribution in [-0.2, 0) is 4.79 Å². The summed E-state index contributed by atoms with van der Waals surface area (Å²) in [7, 11) is 0. The smallest absolute Gasteiger partial charge is 0.254 e. The van der Waals surface area contributed by atoms with Crippen LogP contribution in [0.25, 0.3) is 0 Å². The van der Waals surface area contributed by atoms with E-state index in [1.807, 2.05) is 13.8 Å². The predicted octanol–water partition coefficient (Wildman–Crippen LogP) is 3.68. The van der Waals surface area contributed by atoms with Crippen molar-refractivity contribution in [3.05, 3.63) is 65.2 Å². The summed E-state index contributed by atoms with van der Waals surface area (Å²) in [6, 6.07) is 15.0. The molecule has 2 aromatic rings. The summed E-state index contributed by atoms with van der Waals surface area (Å²) in [5.41, 5.74) is 1.94. The van der Waals surface area contributed by atoms with Gasteiger partial charge in [0.1, 0.15) is 0 Å². The quantitative estimate of drug-likeness (QED) is 0.598. The minimum absolute atomic E-state index is 0.143. The molecule has 0 fully saturated rings. The summed E-state index contributed by atoms with van der Waals surface area (Å²) < 4.78 is 0. The molecule has 1 aliphatic rings. The molecule has 3 N–H and O–H groups in total. The van der Waals surface area contributed by atoms with Crippen LogP contribution in [0.15, 0.2) is 48.5 Å². The van der Waals surface area contributed by atoms with E-state index in [2.05, 4.69) is 11.4 Å². The van der Waals surface area contributed by atoms with Crippen molar-refractivity contribution in [3.63, 3.8) is 0 Å². The summed E-state index contributed by atoms with van der Waals surface area (Å²) in [6.07, 6.45) is 2.23. The van der Waals surface area contributed by atoms with Crippen molar-refractivity contribution in [2.75, 3.05) is 11.9 Å². The molecular formula is C24H25N5O2. The van der Waals surface area contributed by atoms with Gasteiger partial charge in [0.05, 0.1) is 23.6 Å². The summed E-state index contributed by atoms with van der Waals surface area (Å²) >= 11 is 0. The molecule has 1 heterocycles. The van der Waals surface area contributed by atoms with Gasteiger partial charge < -0.3 is 21.0 Å². The fourth-order valence-electron chi connectivity index (χ4n) is 4.07. The van der Waals surface area contributed by atoms with Gasteiger partial charge in [-0.05, 0) is 35.7 Å². The van der Waals surface area contributed by atoms with Crippen molar-refractivity contribution >= 4 is 29.9 Å². The van der Waals surface area contributed by atoms with Gasteiger partial charge in [-0.3, -0.25) is 9.59 Å². The molecule has 0 aromatic heterocycles. The maximum Gasteiger partial charge on any atom is 0.254 e. The van der Waals surface area contributed by atoms with Crippen molar-refractivity contribution in [2.45, 2.75) is 25.8 Å². The van der Waals surface area contributed by atoms with E-state index in [0.29, 0.717) is 28.9 Å². The highest BCUT2D eigenvalue weighted by atomic mass is 16.2. The predicted molar refractivity (Wildman–Crippen MR) is 120 cm³/mol. The molecule has 2 amide bonds. The van der Waals surface area contributed by atoms with Crippen LogP contribution in [0.1, 0.15) is 41.3 Å². The Labute approximate surface area is 181 Å². The molecule has 158 valence electrons. The molecule has 0 spiro atoms. The highest BCUT2D eigenvalue weighted by molar-refractivity contribution is 6.05. The summed E-state index contributed by atoms with van der Waals surface area (Å²) in [4.78, 5) is 28.5. The van der Waals surface area contributed by atoms with Gasteiger partial charge in [0.15, 0.2) is 0 Å². The van der Waals surface area contributed by atoms with E-state index in [9.17, 15) is 9.59 Å². The molecule has 0 aliphatic carbocycles. The Balaban J connectivity index is 2.11. The van der Waals surface area contributed by atoms with Crippen LogP contribution in [0.4, 0.5) is 5.69 Å². The fourth-order valence-corrected chi connectivity index (χ4v) is 4.07. The van der Waals surface area contributed by atoms with Crippen molar-refractivity contribution < 1.29 is 9.59 Å². The SMILES string of the molecule is CC(C)CN1C(=O)c2ccccc2[C@@H](C(=O)Nc2cccc(C#N)c2)[C@@H]1C(C=N)C=N. The number of nitrogens with zero attached hydrogens (tertiary/aromatic N) is 2. The van der Waals surface area contributed by atoms with E-state index in [1.165, 1.54) is 0 Å². The molecule has 0 saturated heterocycles. The van der Waals surface area contributed by atoms with Crippen LogP contribution in [0.3, 0.4) is 0 Å². The second-order valence-corrected chi connectivity index (χ2v) is 8.00. The Hall–Kier alpha value is -3.79. The van der Waals surface area contributed by atoms with Gasteiger partial charge in [-0.2, -0.15) is 5.26 Å². The Morgan fingerprint density at radius 1 is 1.19 bits per heavy atom. The number of hydrogen-bond donors (Lipinski definition) is 3. The van der Waals surface area contributed by atoms with E-state index in [0.717, 1.165) is 12.4 Å².